The van der Waals surface area contributed by atoms with Gasteiger partial charge in [0.15, 0.2) is 0 Å². The zero-order valence-electron chi connectivity index (χ0n) is 8.67. The highest BCUT2D eigenvalue weighted by Crippen LogP contribution is 2.19. The van der Waals surface area contributed by atoms with Crippen LogP contribution in [0, 0.1) is 3.57 Å². The molecule has 1 aromatic rings. The van der Waals surface area contributed by atoms with E-state index in [9.17, 15) is 4.79 Å². The Labute approximate surface area is 120 Å². The number of hydrogen-bond donors (Lipinski definition) is 2. The second-order valence-corrected chi connectivity index (χ2v) is 4.81. The third-order valence-electron chi connectivity index (χ3n) is 1.91. The van der Waals surface area contributed by atoms with Gasteiger partial charge in [0.05, 0.1) is 5.02 Å². The average Bonchev–Trinajstić information content (AvgIpc) is 2.21. The molecule has 0 aromatic heterocycles. The number of halogens is 3. The van der Waals surface area contributed by atoms with Crippen molar-refractivity contribution in [1.29, 1.82) is 0 Å². The molecule has 16 heavy (non-hydrogen) atoms. The number of amides is 1. The standard InChI is InChI=1S/C10H12ClIN2O.ClH/c1-6(5-13)14-10(15)7-2-3-8(11)9(12)4-7;/h2-4,6H,5,13H2,1H3,(H,14,15);1H/t6-;/m0./s1. The van der Waals surface area contributed by atoms with E-state index < -0.39 is 0 Å². The van der Waals surface area contributed by atoms with Crippen molar-refractivity contribution in [3.63, 3.8) is 0 Å². The van der Waals surface area contributed by atoms with E-state index in [-0.39, 0.29) is 24.4 Å². The Kier molecular flexibility index (Phi) is 7.30. The van der Waals surface area contributed by atoms with Crippen molar-refractivity contribution >= 4 is 52.5 Å². The van der Waals surface area contributed by atoms with Crippen molar-refractivity contribution < 1.29 is 4.79 Å². The molecule has 0 bridgehead atoms. The minimum absolute atomic E-state index is 0. The lowest BCUT2D eigenvalue weighted by Crippen LogP contribution is -2.37. The van der Waals surface area contributed by atoms with E-state index >= 15 is 0 Å². The third kappa shape index (κ3) is 4.45. The molecule has 0 aliphatic heterocycles. The summed E-state index contributed by atoms with van der Waals surface area (Å²) in [5.41, 5.74) is 6.02. The smallest absolute Gasteiger partial charge is 0.251 e. The van der Waals surface area contributed by atoms with Crippen LogP contribution in [0.5, 0.6) is 0 Å². The fourth-order valence-corrected chi connectivity index (χ4v) is 1.64. The number of nitrogens with two attached hydrogens (primary N) is 1. The Morgan fingerprint density at radius 1 is 1.62 bits per heavy atom. The van der Waals surface area contributed by atoms with Crippen molar-refractivity contribution in [1.82, 2.24) is 5.32 Å². The van der Waals surface area contributed by atoms with Crippen LogP contribution in [0.15, 0.2) is 18.2 Å². The van der Waals surface area contributed by atoms with Crippen LogP contribution < -0.4 is 11.1 Å². The summed E-state index contributed by atoms with van der Waals surface area (Å²) in [6.45, 7) is 2.29. The Bertz CT molecular complexity index is 374. The van der Waals surface area contributed by atoms with Crippen molar-refractivity contribution in [2.45, 2.75) is 13.0 Å². The summed E-state index contributed by atoms with van der Waals surface area (Å²) in [6, 6.07) is 5.14. The molecule has 1 rings (SSSR count). The molecule has 0 fully saturated rings. The molecule has 0 saturated carbocycles. The fraction of sp³-hybridized carbons (Fsp3) is 0.300. The summed E-state index contributed by atoms with van der Waals surface area (Å²) in [4.78, 5) is 11.7. The maximum absolute atomic E-state index is 11.7. The van der Waals surface area contributed by atoms with Gasteiger partial charge in [-0.05, 0) is 47.7 Å². The summed E-state index contributed by atoms with van der Waals surface area (Å²) in [6.07, 6.45) is 0. The van der Waals surface area contributed by atoms with Gasteiger partial charge >= 0.3 is 0 Å². The van der Waals surface area contributed by atoms with Crippen LogP contribution in [-0.4, -0.2) is 18.5 Å². The van der Waals surface area contributed by atoms with Gasteiger partial charge in [0.25, 0.3) is 5.91 Å². The molecule has 0 saturated heterocycles. The zero-order valence-corrected chi connectivity index (χ0v) is 12.4. The number of rotatable bonds is 3. The maximum atomic E-state index is 11.7. The highest BCUT2D eigenvalue weighted by Gasteiger charge is 2.09. The van der Waals surface area contributed by atoms with E-state index in [1.54, 1.807) is 18.2 Å². The van der Waals surface area contributed by atoms with Crippen molar-refractivity contribution in [3.05, 3.63) is 32.4 Å². The van der Waals surface area contributed by atoms with Gasteiger partial charge in [-0.25, -0.2) is 0 Å². The maximum Gasteiger partial charge on any atom is 0.251 e. The predicted molar refractivity (Wildman–Crippen MR) is 77.4 cm³/mol. The topological polar surface area (TPSA) is 55.1 Å². The lowest BCUT2D eigenvalue weighted by Gasteiger charge is -2.11. The van der Waals surface area contributed by atoms with E-state index in [1.807, 2.05) is 6.92 Å². The molecule has 0 aliphatic carbocycles. The number of benzene rings is 1. The monoisotopic (exact) mass is 374 g/mol. The summed E-state index contributed by atoms with van der Waals surface area (Å²) >= 11 is 7.95. The molecule has 1 amide bonds. The molecule has 1 atom stereocenters. The fourth-order valence-electron chi connectivity index (χ4n) is 1.00. The van der Waals surface area contributed by atoms with Gasteiger partial charge in [0.2, 0.25) is 0 Å². The van der Waals surface area contributed by atoms with E-state index in [2.05, 4.69) is 27.9 Å². The molecular formula is C10H13Cl2IN2O. The minimum Gasteiger partial charge on any atom is -0.348 e. The van der Waals surface area contributed by atoms with Gasteiger partial charge in [-0.15, -0.1) is 12.4 Å². The number of carbonyl (C=O) groups excluding carboxylic acids is 1. The number of hydrogen-bond acceptors (Lipinski definition) is 2. The average molecular weight is 375 g/mol. The van der Waals surface area contributed by atoms with Crippen molar-refractivity contribution in [2.24, 2.45) is 5.73 Å². The molecule has 6 heteroatoms. The highest BCUT2D eigenvalue weighted by molar-refractivity contribution is 14.1. The van der Waals surface area contributed by atoms with E-state index in [1.165, 1.54) is 0 Å². The summed E-state index contributed by atoms with van der Waals surface area (Å²) in [5.74, 6) is -0.123. The van der Waals surface area contributed by atoms with Crippen molar-refractivity contribution in [3.8, 4) is 0 Å². The van der Waals surface area contributed by atoms with Crippen LogP contribution in [0.4, 0.5) is 0 Å². The van der Waals surface area contributed by atoms with Gasteiger partial charge in [0, 0.05) is 21.7 Å². The first kappa shape index (κ1) is 16.0. The molecule has 0 heterocycles. The van der Waals surface area contributed by atoms with Gasteiger partial charge < -0.3 is 11.1 Å². The first-order valence-corrected chi connectivity index (χ1v) is 5.96. The molecular weight excluding hydrogens is 362 g/mol. The second-order valence-electron chi connectivity index (χ2n) is 3.24. The van der Waals surface area contributed by atoms with Crippen LogP contribution in [-0.2, 0) is 0 Å². The van der Waals surface area contributed by atoms with E-state index in [0.717, 1.165) is 3.57 Å². The zero-order chi connectivity index (χ0) is 11.4. The molecule has 3 N–H and O–H groups in total. The van der Waals surface area contributed by atoms with Crippen molar-refractivity contribution in [2.75, 3.05) is 6.54 Å². The normalized spacial score (nSPS) is 11.5. The number of carbonyl (C=O) groups is 1. The highest BCUT2D eigenvalue weighted by atomic mass is 127. The lowest BCUT2D eigenvalue weighted by molar-refractivity contribution is 0.0941. The Hall–Kier alpha value is -0.0400. The molecule has 0 unspecified atom stereocenters. The van der Waals surface area contributed by atoms with E-state index in [0.29, 0.717) is 17.1 Å². The van der Waals surface area contributed by atoms with Crippen LogP contribution in [0.3, 0.4) is 0 Å². The first-order chi connectivity index (χ1) is 7.04. The third-order valence-corrected chi connectivity index (χ3v) is 3.45. The van der Waals surface area contributed by atoms with Crippen LogP contribution in [0.1, 0.15) is 17.3 Å². The summed E-state index contributed by atoms with van der Waals surface area (Å²) < 4.78 is 0.863. The van der Waals surface area contributed by atoms with Gasteiger partial charge in [-0.3, -0.25) is 4.79 Å². The SMILES string of the molecule is C[C@@H](CN)NC(=O)c1ccc(Cl)c(I)c1.Cl. The van der Waals surface area contributed by atoms with Gasteiger partial charge in [0.1, 0.15) is 0 Å². The summed E-state index contributed by atoms with van der Waals surface area (Å²) in [5, 5.41) is 3.43. The second kappa shape index (κ2) is 7.32. The number of nitrogens with one attached hydrogen (secondary N) is 1. The Balaban J connectivity index is 0.00000225. The largest absolute Gasteiger partial charge is 0.348 e. The Morgan fingerprint density at radius 3 is 2.75 bits per heavy atom. The first-order valence-electron chi connectivity index (χ1n) is 4.50. The molecule has 1 aromatic carbocycles. The molecule has 0 aliphatic rings. The van der Waals surface area contributed by atoms with Crippen LogP contribution in [0.25, 0.3) is 0 Å². The minimum atomic E-state index is -0.123. The van der Waals surface area contributed by atoms with Gasteiger partial charge in [-0.1, -0.05) is 11.6 Å². The van der Waals surface area contributed by atoms with Crippen LogP contribution >= 0.6 is 46.6 Å². The molecule has 3 nitrogen and oxygen atoms in total. The van der Waals surface area contributed by atoms with Crippen LogP contribution in [0.2, 0.25) is 5.02 Å². The van der Waals surface area contributed by atoms with Gasteiger partial charge in [-0.2, -0.15) is 0 Å². The Morgan fingerprint density at radius 2 is 2.25 bits per heavy atom. The predicted octanol–water partition coefficient (Wildman–Crippen LogP) is 2.44. The quantitative estimate of drug-likeness (QED) is 0.798. The van der Waals surface area contributed by atoms with E-state index in [4.69, 9.17) is 17.3 Å². The lowest BCUT2D eigenvalue weighted by atomic mass is 10.2. The molecule has 90 valence electrons. The molecule has 0 spiro atoms. The molecule has 0 radical (unpaired) electrons. The summed E-state index contributed by atoms with van der Waals surface area (Å²) in [7, 11) is 0.